The first-order chi connectivity index (χ1) is 8.72. The zero-order valence-corrected chi connectivity index (χ0v) is 11.6. The molecule has 3 aliphatic rings. The molecule has 102 valence electrons. The Labute approximate surface area is 110 Å². The number of carbonyl (C=O) groups is 1. The molecule has 0 aromatic heterocycles. The Balaban J connectivity index is 1.62. The summed E-state index contributed by atoms with van der Waals surface area (Å²) in [6, 6.07) is 0. The molecule has 0 radical (unpaired) electrons. The molecule has 0 saturated heterocycles. The van der Waals surface area contributed by atoms with E-state index >= 15 is 0 Å². The van der Waals surface area contributed by atoms with Crippen molar-refractivity contribution < 1.29 is 9.53 Å². The van der Waals surface area contributed by atoms with Gasteiger partial charge in [-0.15, -0.1) is 0 Å². The third-order valence-corrected chi connectivity index (χ3v) is 5.77. The van der Waals surface area contributed by atoms with Crippen molar-refractivity contribution in [1.29, 1.82) is 0 Å². The molecule has 3 rings (SSSR count). The monoisotopic (exact) mass is 250 g/mol. The van der Waals surface area contributed by atoms with Gasteiger partial charge in [0.05, 0.1) is 5.92 Å². The molecule has 2 nitrogen and oxygen atoms in total. The van der Waals surface area contributed by atoms with Crippen LogP contribution in [0.1, 0.15) is 71.1 Å². The topological polar surface area (TPSA) is 26.3 Å². The summed E-state index contributed by atoms with van der Waals surface area (Å²) in [5.74, 6) is 1.87. The van der Waals surface area contributed by atoms with Gasteiger partial charge in [-0.1, -0.05) is 19.8 Å². The molecule has 3 unspecified atom stereocenters. The summed E-state index contributed by atoms with van der Waals surface area (Å²) < 4.78 is 6.03. The Kier molecular flexibility index (Phi) is 3.38. The normalized spacial score (nSPS) is 37.7. The van der Waals surface area contributed by atoms with Gasteiger partial charge in [0.2, 0.25) is 0 Å². The van der Waals surface area contributed by atoms with Crippen LogP contribution < -0.4 is 0 Å². The highest BCUT2D eigenvalue weighted by Crippen LogP contribution is 2.49. The summed E-state index contributed by atoms with van der Waals surface area (Å²) >= 11 is 0. The number of fused-ring (bicyclic) bond motifs is 2. The van der Waals surface area contributed by atoms with E-state index in [9.17, 15) is 4.79 Å². The average Bonchev–Trinajstić information content (AvgIpc) is 3.02. The van der Waals surface area contributed by atoms with E-state index in [0.29, 0.717) is 5.92 Å². The maximum atomic E-state index is 12.4. The van der Waals surface area contributed by atoms with E-state index < -0.39 is 0 Å². The standard InChI is InChI=1S/C16H26O2/c1-2-16(8-4-3-5-9-16)18-15(17)14-11-12-6-7-13(14)10-12/h12-14H,2-11H2,1H3. The first-order valence-electron chi connectivity index (χ1n) is 7.95. The molecule has 3 atom stereocenters. The zero-order valence-electron chi connectivity index (χ0n) is 11.6. The Bertz CT molecular complexity index is 317. The zero-order chi connectivity index (χ0) is 12.6. The largest absolute Gasteiger partial charge is 0.459 e. The number of carbonyl (C=O) groups excluding carboxylic acids is 1. The number of hydrogen-bond donors (Lipinski definition) is 0. The predicted octanol–water partition coefficient (Wildman–Crippen LogP) is 4.08. The van der Waals surface area contributed by atoms with Gasteiger partial charge in [0, 0.05) is 0 Å². The minimum absolute atomic E-state index is 0.100. The van der Waals surface area contributed by atoms with Crippen LogP contribution in [0.15, 0.2) is 0 Å². The molecular weight excluding hydrogens is 224 g/mol. The van der Waals surface area contributed by atoms with Gasteiger partial charge < -0.3 is 4.74 Å². The maximum absolute atomic E-state index is 12.4. The highest BCUT2D eigenvalue weighted by atomic mass is 16.6. The van der Waals surface area contributed by atoms with Gasteiger partial charge in [0.1, 0.15) is 5.60 Å². The van der Waals surface area contributed by atoms with Crippen LogP contribution in [0.3, 0.4) is 0 Å². The molecular formula is C16H26O2. The van der Waals surface area contributed by atoms with E-state index in [2.05, 4.69) is 6.92 Å². The molecule has 0 spiro atoms. The maximum Gasteiger partial charge on any atom is 0.309 e. The minimum Gasteiger partial charge on any atom is -0.459 e. The van der Waals surface area contributed by atoms with Crippen molar-refractivity contribution in [2.45, 2.75) is 76.7 Å². The number of ether oxygens (including phenoxy) is 1. The lowest BCUT2D eigenvalue weighted by atomic mass is 9.82. The fourth-order valence-electron chi connectivity index (χ4n) is 4.55. The van der Waals surface area contributed by atoms with E-state index in [1.54, 1.807) is 0 Å². The van der Waals surface area contributed by atoms with Crippen molar-refractivity contribution in [3.8, 4) is 0 Å². The van der Waals surface area contributed by atoms with Gasteiger partial charge in [0.25, 0.3) is 0 Å². The molecule has 0 amide bonds. The predicted molar refractivity (Wildman–Crippen MR) is 71.1 cm³/mol. The summed E-state index contributed by atoms with van der Waals surface area (Å²) in [7, 11) is 0. The summed E-state index contributed by atoms with van der Waals surface area (Å²) in [5.41, 5.74) is -0.100. The molecule has 3 fully saturated rings. The Hall–Kier alpha value is -0.530. The molecule has 3 saturated carbocycles. The van der Waals surface area contributed by atoms with Crippen LogP contribution in [0.2, 0.25) is 0 Å². The van der Waals surface area contributed by atoms with Crippen LogP contribution in [0.4, 0.5) is 0 Å². The van der Waals surface area contributed by atoms with Crippen LogP contribution in [0.25, 0.3) is 0 Å². The SMILES string of the molecule is CCC1(OC(=O)C2CC3CCC2C3)CCCCC1. The van der Waals surface area contributed by atoms with Gasteiger partial charge >= 0.3 is 5.97 Å². The second kappa shape index (κ2) is 4.86. The first kappa shape index (κ1) is 12.5. The Morgan fingerprint density at radius 3 is 2.50 bits per heavy atom. The van der Waals surface area contributed by atoms with Gasteiger partial charge in [-0.3, -0.25) is 4.79 Å². The first-order valence-corrected chi connectivity index (χ1v) is 7.95. The lowest BCUT2D eigenvalue weighted by Gasteiger charge is -2.37. The van der Waals surface area contributed by atoms with Crippen molar-refractivity contribution in [1.82, 2.24) is 0 Å². The molecule has 0 aromatic carbocycles. The minimum atomic E-state index is -0.100. The van der Waals surface area contributed by atoms with E-state index in [4.69, 9.17) is 4.74 Å². The quantitative estimate of drug-likeness (QED) is 0.705. The van der Waals surface area contributed by atoms with Gasteiger partial charge in [0.15, 0.2) is 0 Å². The van der Waals surface area contributed by atoms with Gasteiger partial charge in [-0.25, -0.2) is 0 Å². The van der Waals surface area contributed by atoms with Crippen LogP contribution >= 0.6 is 0 Å². The molecule has 18 heavy (non-hydrogen) atoms. The van der Waals surface area contributed by atoms with E-state index in [1.165, 1.54) is 38.5 Å². The van der Waals surface area contributed by atoms with Crippen molar-refractivity contribution in [3.05, 3.63) is 0 Å². The molecule has 3 aliphatic carbocycles. The van der Waals surface area contributed by atoms with Crippen LogP contribution in [-0.4, -0.2) is 11.6 Å². The fourth-order valence-corrected chi connectivity index (χ4v) is 4.55. The van der Waals surface area contributed by atoms with Crippen molar-refractivity contribution in [3.63, 3.8) is 0 Å². The summed E-state index contributed by atoms with van der Waals surface area (Å²) in [5, 5.41) is 0. The average molecular weight is 250 g/mol. The van der Waals surface area contributed by atoms with Crippen molar-refractivity contribution >= 4 is 5.97 Å². The van der Waals surface area contributed by atoms with E-state index in [1.807, 2.05) is 0 Å². The Morgan fingerprint density at radius 1 is 1.17 bits per heavy atom. The van der Waals surface area contributed by atoms with Crippen molar-refractivity contribution in [2.75, 3.05) is 0 Å². The summed E-state index contributed by atoms with van der Waals surface area (Å²) in [6.07, 6.45) is 12.0. The third kappa shape index (κ3) is 2.19. The fraction of sp³-hybridized carbons (Fsp3) is 0.938. The second-order valence-electron chi connectivity index (χ2n) is 6.80. The highest BCUT2D eigenvalue weighted by Gasteiger charge is 2.46. The second-order valence-corrected chi connectivity index (χ2v) is 6.80. The van der Waals surface area contributed by atoms with E-state index in [0.717, 1.165) is 31.6 Å². The Morgan fingerprint density at radius 2 is 1.94 bits per heavy atom. The molecule has 2 heteroatoms. The number of esters is 1. The van der Waals surface area contributed by atoms with Crippen LogP contribution in [-0.2, 0) is 9.53 Å². The third-order valence-electron chi connectivity index (χ3n) is 5.77. The lowest BCUT2D eigenvalue weighted by Crippen LogP contribution is -2.39. The molecule has 0 aromatic rings. The van der Waals surface area contributed by atoms with E-state index in [-0.39, 0.29) is 17.5 Å². The van der Waals surface area contributed by atoms with Crippen LogP contribution in [0.5, 0.6) is 0 Å². The summed E-state index contributed by atoms with van der Waals surface area (Å²) in [6.45, 7) is 2.18. The number of hydrogen-bond acceptors (Lipinski definition) is 2. The number of rotatable bonds is 3. The molecule has 0 N–H and O–H groups in total. The lowest BCUT2D eigenvalue weighted by molar-refractivity contribution is -0.171. The molecule has 0 heterocycles. The van der Waals surface area contributed by atoms with Gasteiger partial charge in [-0.2, -0.15) is 0 Å². The molecule has 2 bridgehead atoms. The smallest absolute Gasteiger partial charge is 0.309 e. The van der Waals surface area contributed by atoms with Gasteiger partial charge in [-0.05, 0) is 63.2 Å². The summed E-state index contributed by atoms with van der Waals surface area (Å²) in [4.78, 5) is 12.4. The van der Waals surface area contributed by atoms with Crippen LogP contribution in [0, 0.1) is 17.8 Å². The van der Waals surface area contributed by atoms with Crippen molar-refractivity contribution in [2.24, 2.45) is 17.8 Å². The molecule has 0 aliphatic heterocycles. The highest BCUT2D eigenvalue weighted by molar-refractivity contribution is 5.74.